The Morgan fingerprint density at radius 3 is 2.25 bits per heavy atom. The Morgan fingerprint density at radius 1 is 1.00 bits per heavy atom. The van der Waals surface area contributed by atoms with Gasteiger partial charge in [0.05, 0.1) is 11.1 Å². The van der Waals surface area contributed by atoms with Crippen LogP contribution in [0.1, 0.15) is 74.5 Å². The summed E-state index contributed by atoms with van der Waals surface area (Å²) in [5.74, 6) is 2.17. The lowest BCUT2D eigenvalue weighted by molar-refractivity contribution is -0.141. The molecule has 2 aromatic rings. The van der Waals surface area contributed by atoms with Gasteiger partial charge in [0.1, 0.15) is 17.3 Å². The normalized spacial score (nSPS) is 18.9. The van der Waals surface area contributed by atoms with Gasteiger partial charge in [-0.15, -0.1) is 10.2 Å². The second-order valence-electron chi connectivity index (χ2n) is 7.29. The fourth-order valence-corrected chi connectivity index (χ4v) is 3.10. The summed E-state index contributed by atoms with van der Waals surface area (Å²) in [7, 11) is 0. The highest BCUT2D eigenvalue weighted by Gasteiger charge is 2.42. The predicted molar refractivity (Wildman–Crippen MR) is 81.6 cm³/mol. The van der Waals surface area contributed by atoms with Crippen LogP contribution < -0.4 is 0 Å². The van der Waals surface area contributed by atoms with E-state index in [1.165, 1.54) is 6.07 Å². The molecule has 0 aromatic carbocycles. The molecule has 2 aliphatic carbocycles. The van der Waals surface area contributed by atoms with Gasteiger partial charge in [-0.25, -0.2) is 4.98 Å². The number of alkyl halides is 3. The molecule has 2 fully saturated rings. The molecule has 4 rings (SSSR count). The van der Waals surface area contributed by atoms with Crippen molar-refractivity contribution in [1.29, 1.82) is 0 Å². The van der Waals surface area contributed by atoms with Crippen molar-refractivity contribution in [1.82, 2.24) is 19.7 Å². The lowest BCUT2D eigenvalue weighted by atomic mass is 9.87. The second kappa shape index (κ2) is 5.04. The molecular weight excluding hydrogens is 317 g/mol. The highest BCUT2D eigenvalue weighted by molar-refractivity contribution is 5.29. The number of pyridine rings is 1. The molecule has 24 heavy (non-hydrogen) atoms. The zero-order valence-electron chi connectivity index (χ0n) is 13.6. The Labute approximate surface area is 138 Å². The average Bonchev–Trinajstić information content (AvgIpc) is 3.45. The fourth-order valence-electron chi connectivity index (χ4n) is 3.10. The Bertz CT molecular complexity index is 770. The first kappa shape index (κ1) is 15.6. The summed E-state index contributed by atoms with van der Waals surface area (Å²) in [6.07, 6.45) is -0.0523. The second-order valence-corrected chi connectivity index (χ2v) is 7.29. The van der Waals surface area contributed by atoms with Crippen molar-refractivity contribution >= 4 is 0 Å². The fraction of sp³-hybridized carbons (Fsp3) is 0.588. The first-order valence-corrected chi connectivity index (χ1v) is 8.28. The molecule has 2 aliphatic rings. The Hall–Kier alpha value is -1.92. The zero-order valence-corrected chi connectivity index (χ0v) is 13.6. The van der Waals surface area contributed by atoms with E-state index in [-0.39, 0.29) is 0 Å². The van der Waals surface area contributed by atoms with Crippen LogP contribution in [0.2, 0.25) is 0 Å². The van der Waals surface area contributed by atoms with Gasteiger partial charge < -0.3 is 4.57 Å². The molecule has 0 atom stereocenters. The molecule has 2 saturated carbocycles. The smallest absolute Gasteiger partial charge is 0.311 e. The van der Waals surface area contributed by atoms with Gasteiger partial charge in [0, 0.05) is 12.0 Å². The quantitative estimate of drug-likeness (QED) is 0.839. The Balaban J connectivity index is 1.78. The van der Waals surface area contributed by atoms with Crippen molar-refractivity contribution in [3.05, 3.63) is 41.2 Å². The number of aromatic nitrogens is 4. The van der Waals surface area contributed by atoms with Gasteiger partial charge in [-0.1, -0.05) is 6.07 Å². The van der Waals surface area contributed by atoms with Crippen molar-refractivity contribution in [2.75, 3.05) is 0 Å². The molecule has 0 spiro atoms. The highest BCUT2D eigenvalue weighted by atomic mass is 19.4. The third-order valence-electron chi connectivity index (χ3n) is 4.82. The molecule has 128 valence electrons. The minimum atomic E-state index is -4.45. The molecule has 0 amide bonds. The lowest BCUT2D eigenvalue weighted by Gasteiger charge is -2.25. The standard InChI is InChI=1S/C17H19F3N4/c1-16(2,12-4-3-5-13(21-12)17(18,19)20)15-23-22-14(10-6-7-10)24(15)11-8-9-11/h3-5,10-11H,6-9H2,1-2H3. The van der Waals surface area contributed by atoms with Crippen molar-refractivity contribution in [2.24, 2.45) is 0 Å². The molecule has 0 bridgehead atoms. The summed E-state index contributed by atoms with van der Waals surface area (Å²) in [5.41, 5.74) is -1.23. The molecule has 0 aliphatic heterocycles. The summed E-state index contributed by atoms with van der Waals surface area (Å²) >= 11 is 0. The third kappa shape index (κ3) is 2.59. The molecule has 0 unspecified atom stereocenters. The van der Waals surface area contributed by atoms with E-state index < -0.39 is 17.3 Å². The molecule has 2 aromatic heterocycles. The van der Waals surface area contributed by atoms with Gasteiger partial charge >= 0.3 is 6.18 Å². The summed E-state index contributed by atoms with van der Waals surface area (Å²) in [6, 6.07) is 4.43. The maximum absolute atomic E-state index is 13.0. The maximum atomic E-state index is 13.0. The van der Waals surface area contributed by atoms with Gasteiger partial charge in [0.25, 0.3) is 0 Å². The Morgan fingerprint density at radius 2 is 1.67 bits per heavy atom. The van der Waals surface area contributed by atoms with Crippen LogP contribution in [0.15, 0.2) is 18.2 Å². The number of rotatable bonds is 4. The molecule has 0 radical (unpaired) electrons. The third-order valence-corrected chi connectivity index (χ3v) is 4.82. The summed E-state index contributed by atoms with van der Waals surface area (Å²) in [6.45, 7) is 3.74. The highest BCUT2D eigenvalue weighted by Crippen LogP contribution is 2.47. The van der Waals surface area contributed by atoms with Gasteiger partial charge in [-0.05, 0) is 51.7 Å². The Kier molecular flexibility index (Phi) is 3.27. The van der Waals surface area contributed by atoms with Crippen molar-refractivity contribution in [2.45, 2.75) is 63.1 Å². The van der Waals surface area contributed by atoms with Gasteiger partial charge in [0.2, 0.25) is 0 Å². The predicted octanol–water partition coefficient (Wildman–Crippen LogP) is 4.23. The summed E-state index contributed by atoms with van der Waals surface area (Å²) < 4.78 is 41.2. The molecular formula is C17H19F3N4. The van der Waals surface area contributed by atoms with Crippen LogP contribution in [-0.2, 0) is 11.6 Å². The maximum Gasteiger partial charge on any atom is 0.433 e. The van der Waals surface area contributed by atoms with E-state index in [1.54, 1.807) is 6.07 Å². The van der Waals surface area contributed by atoms with Crippen LogP contribution in [0, 0.1) is 0 Å². The molecule has 2 heterocycles. The van der Waals surface area contributed by atoms with Gasteiger partial charge in [0.15, 0.2) is 0 Å². The van der Waals surface area contributed by atoms with E-state index in [0.29, 0.717) is 17.7 Å². The van der Waals surface area contributed by atoms with E-state index in [9.17, 15) is 13.2 Å². The van der Waals surface area contributed by atoms with Crippen molar-refractivity contribution < 1.29 is 13.2 Å². The summed E-state index contributed by atoms with van der Waals surface area (Å²) in [4.78, 5) is 3.88. The topological polar surface area (TPSA) is 43.6 Å². The van der Waals surface area contributed by atoms with E-state index >= 15 is 0 Å². The minimum Gasteiger partial charge on any atom is -0.311 e. The summed E-state index contributed by atoms with van der Waals surface area (Å²) in [5, 5.41) is 8.74. The molecule has 0 saturated heterocycles. The average molecular weight is 336 g/mol. The number of halogens is 3. The van der Waals surface area contributed by atoms with Crippen molar-refractivity contribution in [3.8, 4) is 0 Å². The molecule has 4 nitrogen and oxygen atoms in total. The number of hydrogen-bond acceptors (Lipinski definition) is 3. The van der Waals surface area contributed by atoms with E-state index in [1.807, 2.05) is 13.8 Å². The first-order chi connectivity index (χ1) is 11.3. The first-order valence-electron chi connectivity index (χ1n) is 8.28. The van der Waals surface area contributed by atoms with Crippen LogP contribution in [0.4, 0.5) is 13.2 Å². The van der Waals surface area contributed by atoms with Gasteiger partial charge in [-0.3, -0.25) is 0 Å². The largest absolute Gasteiger partial charge is 0.433 e. The van der Waals surface area contributed by atoms with Crippen molar-refractivity contribution in [3.63, 3.8) is 0 Å². The lowest BCUT2D eigenvalue weighted by Crippen LogP contribution is -2.27. The number of hydrogen-bond donors (Lipinski definition) is 0. The number of nitrogens with zero attached hydrogens (tertiary/aromatic N) is 4. The van der Waals surface area contributed by atoms with Crippen LogP contribution in [0.3, 0.4) is 0 Å². The molecule has 7 heteroatoms. The van der Waals surface area contributed by atoms with E-state index in [4.69, 9.17) is 0 Å². The van der Waals surface area contributed by atoms with E-state index in [2.05, 4.69) is 19.7 Å². The van der Waals surface area contributed by atoms with Crippen LogP contribution in [0.5, 0.6) is 0 Å². The zero-order chi connectivity index (χ0) is 17.1. The van der Waals surface area contributed by atoms with Crippen LogP contribution >= 0.6 is 0 Å². The minimum absolute atomic E-state index is 0.369. The SMILES string of the molecule is CC(C)(c1cccc(C(F)(F)F)n1)c1nnc(C2CC2)n1C1CC1. The monoisotopic (exact) mass is 336 g/mol. The molecule has 0 N–H and O–H groups in total. The van der Waals surface area contributed by atoms with Gasteiger partial charge in [-0.2, -0.15) is 13.2 Å². The van der Waals surface area contributed by atoms with E-state index in [0.717, 1.165) is 43.4 Å². The van der Waals surface area contributed by atoms with Crippen LogP contribution in [0.25, 0.3) is 0 Å². The van der Waals surface area contributed by atoms with Crippen LogP contribution in [-0.4, -0.2) is 19.7 Å².